The van der Waals surface area contributed by atoms with Crippen molar-refractivity contribution in [2.24, 2.45) is 5.73 Å². The van der Waals surface area contributed by atoms with Crippen molar-refractivity contribution in [2.75, 3.05) is 31.2 Å². The van der Waals surface area contributed by atoms with E-state index in [1.54, 1.807) is 42.5 Å². The van der Waals surface area contributed by atoms with Crippen LogP contribution in [0.4, 0.5) is 5.69 Å². The normalized spacial score (nSPS) is 14.4. The first-order valence-electron chi connectivity index (χ1n) is 8.67. The molecule has 0 saturated carbocycles. The molecule has 0 spiro atoms. The summed E-state index contributed by atoms with van der Waals surface area (Å²) in [4.78, 5) is 29.6. The minimum absolute atomic E-state index is 0.259. The zero-order chi connectivity index (χ0) is 19.0. The summed E-state index contributed by atoms with van der Waals surface area (Å²) in [6, 6.07) is 12.1. The number of H-pyrrole nitrogens is 1. The van der Waals surface area contributed by atoms with Crippen LogP contribution in [0, 0.1) is 0 Å². The molecule has 27 heavy (non-hydrogen) atoms. The Morgan fingerprint density at radius 1 is 1.15 bits per heavy atom. The Morgan fingerprint density at radius 2 is 1.89 bits per heavy atom. The van der Waals surface area contributed by atoms with Crippen molar-refractivity contribution >= 4 is 22.5 Å². The number of pyridine rings is 1. The first-order chi connectivity index (χ1) is 13.1. The van der Waals surface area contributed by atoms with Crippen molar-refractivity contribution in [2.45, 2.75) is 0 Å². The molecule has 0 bridgehead atoms. The number of benzene rings is 2. The molecule has 3 aromatic rings. The van der Waals surface area contributed by atoms with Crippen molar-refractivity contribution in [1.82, 2.24) is 4.98 Å². The van der Waals surface area contributed by atoms with Crippen LogP contribution in [0.2, 0.25) is 0 Å². The Hall–Kier alpha value is -3.32. The fourth-order valence-electron chi connectivity index (χ4n) is 3.40. The Labute approximate surface area is 155 Å². The molecule has 0 atom stereocenters. The smallest absolute Gasteiger partial charge is 0.250 e. The van der Waals surface area contributed by atoms with Crippen LogP contribution in [0.15, 0.2) is 47.3 Å². The summed E-state index contributed by atoms with van der Waals surface area (Å²) in [6.07, 6.45) is 0. The molecular weight excluding hydrogens is 346 g/mol. The number of hydrogen-bond acceptors (Lipinski definition) is 5. The van der Waals surface area contributed by atoms with Crippen LogP contribution in [-0.2, 0) is 4.74 Å². The number of nitrogens with zero attached hydrogens (tertiary/aromatic N) is 1. The second-order valence-corrected chi connectivity index (χ2v) is 6.42. The average Bonchev–Trinajstić information content (AvgIpc) is 2.71. The summed E-state index contributed by atoms with van der Waals surface area (Å²) >= 11 is 0. The summed E-state index contributed by atoms with van der Waals surface area (Å²) in [7, 11) is 0. The SMILES string of the molecule is NC(=O)c1cc(-c2[nH]c3ccccc3c(=O)c2O)ccc1N1CCOCC1. The van der Waals surface area contributed by atoms with Gasteiger partial charge in [0.05, 0.1) is 24.5 Å². The highest BCUT2D eigenvalue weighted by Crippen LogP contribution is 2.31. The molecule has 1 fully saturated rings. The lowest BCUT2D eigenvalue weighted by Crippen LogP contribution is -2.37. The van der Waals surface area contributed by atoms with Crippen LogP contribution in [0.5, 0.6) is 5.75 Å². The standard InChI is InChI=1S/C20H19N3O4/c21-20(26)14-11-12(5-6-16(14)23-7-9-27-10-8-23)17-19(25)18(24)13-3-1-2-4-15(13)22-17/h1-6,11,25H,7-10H2,(H2,21,26)(H,22,24). The van der Waals surface area contributed by atoms with Gasteiger partial charge in [0, 0.05) is 35.2 Å². The Morgan fingerprint density at radius 3 is 2.63 bits per heavy atom. The van der Waals surface area contributed by atoms with E-state index in [0.717, 1.165) is 5.69 Å². The van der Waals surface area contributed by atoms with Crippen molar-refractivity contribution in [3.63, 3.8) is 0 Å². The number of aromatic amines is 1. The number of aromatic nitrogens is 1. The third kappa shape index (κ3) is 3.02. The number of fused-ring (bicyclic) bond motifs is 1. The third-order valence-corrected chi connectivity index (χ3v) is 4.79. The highest BCUT2D eigenvalue weighted by atomic mass is 16.5. The monoisotopic (exact) mass is 365 g/mol. The summed E-state index contributed by atoms with van der Waals surface area (Å²) in [5, 5.41) is 10.8. The maximum absolute atomic E-state index is 12.5. The lowest BCUT2D eigenvalue weighted by molar-refractivity contribution is 0.0998. The Balaban J connectivity index is 1.86. The molecule has 1 amide bonds. The Kier molecular flexibility index (Phi) is 4.29. The largest absolute Gasteiger partial charge is 0.503 e. The molecule has 1 aliphatic rings. The van der Waals surface area contributed by atoms with Gasteiger partial charge in [0.2, 0.25) is 5.43 Å². The quantitative estimate of drug-likeness (QED) is 0.656. The maximum atomic E-state index is 12.5. The molecule has 1 aliphatic heterocycles. The summed E-state index contributed by atoms with van der Waals surface area (Å²) in [5.74, 6) is -0.954. The molecule has 7 nitrogen and oxygen atoms in total. The number of hydrogen-bond donors (Lipinski definition) is 3. The van der Waals surface area contributed by atoms with Crippen molar-refractivity contribution < 1.29 is 14.6 Å². The van der Waals surface area contributed by atoms with Crippen LogP contribution in [0.25, 0.3) is 22.2 Å². The summed E-state index contributed by atoms with van der Waals surface area (Å²) in [6.45, 7) is 2.49. The van der Waals surface area contributed by atoms with Gasteiger partial charge in [0.1, 0.15) is 0 Å². The number of nitrogens with two attached hydrogens (primary N) is 1. The second-order valence-electron chi connectivity index (χ2n) is 6.42. The predicted molar refractivity (Wildman–Crippen MR) is 103 cm³/mol. The van der Waals surface area contributed by atoms with Gasteiger partial charge in [0.15, 0.2) is 5.75 Å². The minimum atomic E-state index is -0.569. The molecule has 7 heteroatoms. The molecule has 138 valence electrons. The fraction of sp³-hybridized carbons (Fsp3) is 0.200. The molecule has 0 radical (unpaired) electrons. The van der Waals surface area contributed by atoms with Gasteiger partial charge in [-0.3, -0.25) is 9.59 Å². The third-order valence-electron chi connectivity index (χ3n) is 4.79. The highest BCUT2D eigenvalue weighted by molar-refractivity contribution is 6.00. The van der Waals surface area contributed by atoms with Gasteiger partial charge in [-0.2, -0.15) is 0 Å². The Bertz CT molecular complexity index is 1080. The van der Waals surface area contributed by atoms with E-state index in [9.17, 15) is 14.7 Å². The van der Waals surface area contributed by atoms with E-state index in [0.29, 0.717) is 48.3 Å². The van der Waals surface area contributed by atoms with E-state index in [-0.39, 0.29) is 11.4 Å². The van der Waals surface area contributed by atoms with E-state index in [1.807, 2.05) is 4.90 Å². The average molecular weight is 365 g/mol. The van der Waals surface area contributed by atoms with Crippen LogP contribution >= 0.6 is 0 Å². The molecule has 4 N–H and O–H groups in total. The molecule has 4 rings (SSSR count). The number of nitrogens with one attached hydrogen (secondary N) is 1. The van der Waals surface area contributed by atoms with Crippen LogP contribution in [-0.4, -0.2) is 42.3 Å². The van der Waals surface area contributed by atoms with Gasteiger partial charge in [0.25, 0.3) is 5.91 Å². The maximum Gasteiger partial charge on any atom is 0.250 e. The van der Waals surface area contributed by atoms with Crippen LogP contribution in [0.3, 0.4) is 0 Å². The van der Waals surface area contributed by atoms with E-state index in [4.69, 9.17) is 10.5 Å². The van der Waals surface area contributed by atoms with Crippen molar-refractivity contribution in [1.29, 1.82) is 0 Å². The number of amides is 1. The van der Waals surface area contributed by atoms with E-state index >= 15 is 0 Å². The molecular formula is C20H19N3O4. The van der Waals surface area contributed by atoms with Crippen molar-refractivity contribution in [3.8, 4) is 17.0 Å². The molecule has 2 heterocycles. The number of anilines is 1. The minimum Gasteiger partial charge on any atom is -0.503 e. The van der Waals surface area contributed by atoms with Crippen LogP contribution < -0.4 is 16.1 Å². The van der Waals surface area contributed by atoms with E-state index in [2.05, 4.69) is 4.98 Å². The number of aromatic hydroxyl groups is 1. The molecule has 1 aromatic heterocycles. The first-order valence-corrected chi connectivity index (χ1v) is 8.67. The number of morpholine rings is 1. The van der Waals surface area contributed by atoms with Gasteiger partial charge >= 0.3 is 0 Å². The lowest BCUT2D eigenvalue weighted by Gasteiger charge is -2.30. The zero-order valence-corrected chi connectivity index (χ0v) is 14.6. The number of para-hydroxylation sites is 1. The van der Waals surface area contributed by atoms with Crippen LogP contribution in [0.1, 0.15) is 10.4 Å². The predicted octanol–water partition coefficient (Wildman–Crippen LogP) is 1.84. The van der Waals surface area contributed by atoms with Gasteiger partial charge in [-0.05, 0) is 24.3 Å². The molecule has 2 aromatic carbocycles. The topological polar surface area (TPSA) is 109 Å². The number of carbonyl (C=O) groups is 1. The summed E-state index contributed by atoms with van der Waals surface area (Å²) < 4.78 is 5.35. The van der Waals surface area contributed by atoms with Crippen molar-refractivity contribution in [3.05, 3.63) is 58.3 Å². The van der Waals surface area contributed by atoms with Gasteiger partial charge in [-0.15, -0.1) is 0 Å². The van der Waals surface area contributed by atoms with E-state index < -0.39 is 11.3 Å². The van der Waals surface area contributed by atoms with E-state index in [1.165, 1.54) is 0 Å². The molecule has 1 saturated heterocycles. The molecule has 0 aliphatic carbocycles. The zero-order valence-electron chi connectivity index (χ0n) is 14.6. The number of ether oxygens (including phenoxy) is 1. The number of carbonyl (C=O) groups excluding carboxylic acids is 1. The second kappa shape index (κ2) is 6.77. The fourth-order valence-corrected chi connectivity index (χ4v) is 3.40. The number of primary amides is 1. The summed E-state index contributed by atoms with van der Waals surface area (Å²) in [5.41, 5.74) is 7.57. The lowest BCUT2D eigenvalue weighted by atomic mass is 10.0. The highest BCUT2D eigenvalue weighted by Gasteiger charge is 2.20. The first kappa shape index (κ1) is 17.1. The van der Waals surface area contributed by atoms with Gasteiger partial charge < -0.3 is 25.5 Å². The molecule has 0 unspecified atom stereocenters. The van der Waals surface area contributed by atoms with Gasteiger partial charge in [-0.25, -0.2) is 0 Å². The van der Waals surface area contributed by atoms with Gasteiger partial charge in [-0.1, -0.05) is 18.2 Å². The number of rotatable bonds is 3.